The maximum atomic E-state index is 13.2. The highest BCUT2D eigenvalue weighted by Gasteiger charge is 2.46. The molecule has 36 heavy (non-hydrogen) atoms. The predicted molar refractivity (Wildman–Crippen MR) is 134 cm³/mol. The molecular weight excluding hydrogens is 458 g/mol. The topological polar surface area (TPSA) is 85.3 Å². The number of nitrogens with zero attached hydrogens (tertiary/aromatic N) is 1. The number of hydrogen-bond acceptors (Lipinski definition) is 6. The van der Waals surface area contributed by atoms with Gasteiger partial charge in [0.15, 0.2) is 0 Å². The van der Waals surface area contributed by atoms with E-state index in [1.165, 1.54) is 12.0 Å². The molecule has 3 aromatic rings. The first kappa shape index (κ1) is 23.6. The molecule has 7 nitrogen and oxygen atoms in total. The lowest BCUT2D eigenvalue weighted by Gasteiger charge is -2.25. The Hall–Kier alpha value is -4.10. The second-order valence-electron chi connectivity index (χ2n) is 8.93. The maximum absolute atomic E-state index is 13.2. The highest BCUT2D eigenvalue weighted by Crippen LogP contribution is 2.41. The van der Waals surface area contributed by atoms with Crippen LogP contribution in [0.3, 0.4) is 0 Å². The van der Waals surface area contributed by atoms with E-state index in [1.807, 2.05) is 49.4 Å². The molecule has 0 bridgehead atoms. The molecule has 1 saturated heterocycles. The molecule has 0 radical (unpaired) electrons. The van der Waals surface area contributed by atoms with Crippen LogP contribution in [0.2, 0.25) is 0 Å². The number of hydrogen-bond donors (Lipinski definition) is 1. The molecule has 5 rings (SSSR count). The van der Waals surface area contributed by atoms with E-state index in [-0.39, 0.29) is 30.6 Å². The van der Waals surface area contributed by atoms with Crippen molar-refractivity contribution in [3.63, 3.8) is 0 Å². The first-order valence-corrected chi connectivity index (χ1v) is 11.9. The molecule has 1 fully saturated rings. The van der Waals surface area contributed by atoms with E-state index in [0.717, 1.165) is 11.3 Å². The van der Waals surface area contributed by atoms with Gasteiger partial charge in [-0.2, -0.15) is 0 Å². The van der Waals surface area contributed by atoms with Gasteiger partial charge < -0.3 is 24.2 Å². The number of benzene rings is 3. The molecule has 1 N–H and O–H groups in total. The van der Waals surface area contributed by atoms with Crippen molar-refractivity contribution in [2.75, 3.05) is 20.3 Å². The van der Waals surface area contributed by atoms with Crippen molar-refractivity contribution >= 4 is 17.4 Å². The fourth-order valence-electron chi connectivity index (χ4n) is 4.74. The third-order valence-electron chi connectivity index (χ3n) is 6.40. The van der Waals surface area contributed by atoms with Crippen LogP contribution in [0.5, 0.6) is 17.2 Å². The largest absolute Gasteiger partial charge is 0.507 e. The Kier molecular flexibility index (Phi) is 6.48. The van der Waals surface area contributed by atoms with Crippen LogP contribution >= 0.6 is 0 Å². The molecule has 0 aliphatic carbocycles. The van der Waals surface area contributed by atoms with E-state index in [4.69, 9.17) is 14.2 Å². The Labute approximate surface area is 209 Å². The number of aliphatic hydroxyl groups is 1. The zero-order valence-corrected chi connectivity index (χ0v) is 20.1. The number of rotatable bonds is 7. The van der Waals surface area contributed by atoms with Gasteiger partial charge in [-0.1, -0.05) is 30.3 Å². The minimum Gasteiger partial charge on any atom is -0.507 e. The van der Waals surface area contributed by atoms with Crippen molar-refractivity contribution in [3.8, 4) is 17.2 Å². The van der Waals surface area contributed by atoms with Gasteiger partial charge in [0.2, 0.25) is 0 Å². The number of aliphatic hydroxyl groups excluding tert-OH is 1. The van der Waals surface area contributed by atoms with E-state index >= 15 is 0 Å². The van der Waals surface area contributed by atoms with Crippen LogP contribution in [0, 0.1) is 0 Å². The second kappa shape index (κ2) is 9.87. The summed E-state index contributed by atoms with van der Waals surface area (Å²) in [6, 6.07) is 21.1. The summed E-state index contributed by atoms with van der Waals surface area (Å²) < 4.78 is 16.9. The molecular formula is C29H27NO6. The highest BCUT2D eigenvalue weighted by atomic mass is 16.5. The molecule has 0 saturated carbocycles. The molecule has 2 unspecified atom stereocenters. The van der Waals surface area contributed by atoms with Gasteiger partial charge in [-0.15, -0.1) is 0 Å². The van der Waals surface area contributed by atoms with Crippen LogP contribution in [0.25, 0.3) is 5.76 Å². The molecule has 184 valence electrons. The fourth-order valence-corrected chi connectivity index (χ4v) is 4.74. The van der Waals surface area contributed by atoms with Gasteiger partial charge in [0, 0.05) is 25.6 Å². The van der Waals surface area contributed by atoms with Gasteiger partial charge in [-0.25, -0.2) is 0 Å². The third-order valence-corrected chi connectivity index (χ3v) is 6.40. The number of ether oxygens (including phenoxy) is 3. The van der Waals surface area contributed by atoms with Crippen LogP contribution in [0.15, 0.2) is 78.4 Å². The minimum atomic E-state index is -0.789. The first-order valence-electron chi connectivity index (χ1n) is 11.9. The standard InChI is InChI=1S/C29H27NO6/c1-18-15-21-16-20(11-12-24(21)35-18)27(31)25-26(30(13-14-34-2)29(33)28(25)32)19-7-6-10-23(17-19)36-22-8-4-3-5-9-22/h3-12,16-18,26,31H,13-15H2,1-2H3/b27-25+. The van der Waals surface area contributed by atoms with Crippen LogP contribution in [0.4, 0.5) is 0 Å². The molecule has 2 aliphatic heterocycles. The smallest absolute Gasteiger partial charge is 0.295 e. The van der Waals surface area contributed by atoms with Crippen molar-refractivity contribution < 1.29 is 28.9 Å². The average molecular weight is 486 g/mol. The zero-order chi connectivity index (χ0) is 25.2. The van der Waals surface area contributed by atoms with Crippen LogP contribution in [0.1, 0.15) is 29.7 Å². The number of para-hydroxylation sites is 1. The lowest BCUT2D eigenvalue weighted by molar-refractivity contribution is -0.140. The van der Waals surface area contributed by atoms with Crippen LogP contribution in [-0.4, -0.2) is 48.1 Å². The second-order valence-corrected chi connectivity index (χ2v) is 8.93. The SMILES string of the molecule is COCCN1C(=O)C(=O)/C(=C(/O)c2ccc3c(c2)CC(C)O3)C1c1cccc(Oc2ccccc2)c1. The Morgan fingerprint density at radius 1 is 1.03 bits per heavy atom. The summed E-state index contributed by atoms with van der Waals surface area (Å²) in [6.45, 7) is 2.42. The first-order chi connectivity index (χ1) is 17.5. The summed E-state index contributed by atoms with van der Waals surface area (Å²) in [5.41, 5.74) is 2.12. The molecule has 0 spiro atoms. The van der Waals surface area contributed by atoms with Crippen LogP contribution in [-0.2, 0) is 20.7 Å². The van der Waals surface area contributed by atoms with E-state index in [2.05, 4.69) is 0 Å². The highest BCUT2D eigenvalue weighted by molar-refractivity contribution is 6.46. The zero-order valence-electron chi connectivity index (χ0n) is 20.1. The van der Waals surface area contributed by atoms with Crippen molar-refractivity contribution in [1.29, 1.82) is 0 Å². The number of likely N-dealkylation sites (tertiary alicyclic amines) is 1. The normalized spacial score (nSPS) is 20.3. The maximum Gasteiger partial charge on any atom is 0.295 e. The molecule has 3 aromatic carbocycles. The van der Waals surface area contributed by atoms with Gasteiger partial charge in [0.25, 0.3) is 11.7 Å². The lowest BCUT2D eigenvalue weighted by Crippen LogP contribution is -2.32. The van der Waals surface area contributed by atoms with E-state index < -0.39 is 17.7 Å². The molecule has 1 amide bonds. The van der Waals surface area contributed by atoms with Gasteiger partial charge in [0.1, 0.15) is 29.1 Å². The molecule has 2 aliphatic rings. The number of amides is 1. The number of ketones is 1. The number of fused-ring (bicyclic) bond motifs is 1. The predicted octanol–water partition coefficient (Wildman–Crippen LogP) is 4.87. The fraction of sp³-hybridized carbons (Fsp3) is 0.241. The van der Waals surface area contributed by atoms with Crippen molar-refractivity contribution in [3.05, 3.63) is 95.1 Å². The summed E-state index contributed by atoms with van der Waals surface area (Å²) in [6.07, 6.45) is 0.755. The van der Waals surface area contributed by atoms with Crippen molar-refractivity contribution in [2.24, 2.45) is 0 Å². The summed E-state index contributed by atoms with van der Waals surface area (Å²) in [5.74, 6) is 0.369. The Balaban J connectivity index is 1.58. The van der Waals surface area contributed by atoms with Crippen molar-refractivity contribution in [2.45, 2.75) is 25.5 Å². The average Bonchev–Trinajstić information content (AvgIpc) is 3.38. The summed E-state index contributed by atoms with van der Waals surface area (Å²) >= 11 is 0. The van der Waals surface area contributed by atoms with Crippen LogP contribution < -0.4 is 9.47 Å². The number of Topliss-reactive ketones (excluding diaryl/α,β-unsaturated/α-hetero) is 1. The van der Waals surface area contributed by atoms with Gasteiger partial charge in [-0.05, 0) is 60.5 Å². The molecule has 2 heterocycles. The molecule has 2 atom stereocenters. The minimum absolute atomic E-state index is 0.0416. The van der Waals surface area contributed by atoms with Gasteiger partial charge in [0.05, 0.1) is 18.2 Å². The van der Waals surface area contributed by atoms with E-state index in [0.29, 0.717) is 29.0 Å². The van der Waals surface area contributed by atoms with Gasteiger partial charge >= 0.3 is 0 Å². The molecule has 7 heteroatoms. The molecule has 0 aromatic heterocycles. The lowest BCUT2D eigenvalue weighted by atomic mass is 9.94. The summed E-state index contributed by atoms with van der Waals surface area (Å²) in [7, 11) is 1.54. The Bertz CT molecular complexity index is 1330. The number of methoxy groups -OCH3 is 1. The third kappa shape index (κ3) is 4.45. The number of carbonyl (C=O) groups is 2. The summed E-state index contributed by atoms with van der Waals surface area (Å²) in [4.78, 5) is 27.7. The van der Waals surface area contributed by atoms with E-state index in [9.17, 15) is 14.7 Å². The Morgan fingerprint density at radius 3 is 2.58 bits per heavy atom. The van der Waals surface area contributed by atoms with Crippen molar-refractivity contribution in [1.82, 2.24) is 4.90 Å². The quantitative estimate of drug-likeness (QED) is 0.292. The van der Waals surface area contributed by atoms with E-state index in [1.54, 1.807) is 30.3 Å². The van der Waals surface area contributed by atoms with Gasteiger partial charge in [-0.3, -0.25) is 9.59 Å². The summed E-state index contributed by atoms with van der Waals surface area (Å²) in [5, 5.41) is 11.4. The monoisotopic (exact) mass is 485 g/mol. The number of carbonyl (C=O) groups excluding carboxylic acids is 2. The Morgan fingerprint density at radius 2 is 1.81 bits per heavy atom.